The number of hydrogen-bond acceptors (Lipinski definition) is 2. The Morgan fingerprint density at radius 2 is 1.71 bits per heavy atom. The van der Waals surface area contributed by atoms with Gasteiger partial charge < -0.3 is 5.32 Å². The van der Waals surface area contributed by atoms with Crippen LogP contribution in [0.2, 0.25) is 0 Å². The molecule has 0 aliphatic rings. The van der Waals surface area contributed by atoms with Crippen LogP contribution in [0.1, 0.15) is 11.1 Å². The second kappa shape index (κ2) is 5.99. The van der Waals surface area contributed by atoms with E-state index in [1.54, 1.807) is 0 Å². The first-order chi connectivity index (χ1) is 10.3. The number of nitriles is 1. The normalized spacial score (nSPS) is 10.3. The number of nitrogens with zero attached hydrogens (tertiary/aromatic N) is 1. The van der Waals surface area contributed by atoms with Crippen LogP contribution in [-0.2, 0) is 6.54 Å². The highest BCUT2D eigenvalue weighted by atomic mass is 79.9. The van der Waals surface area contributed by atoms with Gasteiger partial charge in [-0.2, -0.15) is 5.26 Å². The van der Waals surface area contributed by atoms with E-state index in [9.17, 15) is 0 Å². The molecule has 0 spiro atoms. The molecule has 2 nitrogen and oxygen atoms in total. The number of rotatable bonds is 3. The minimum atomic E-state index is 0.645. The summed E-state index contributed by atoms with van der Waals surface area (Å²) in [7, 11) is 0. The van der Waals surface area contributed by atoms with Crippen molar-refractivity contribution in [3.05, 3.63) is 76.3 Å². The second-order valence-corrected chi connectivity index (χ2v) is 5.74. The number of halogens is 1. The molecule has 3 heteroatoms. The molecule has 0 radical (unpaired) electrons. The summed E-state index contributed by atoms with van der Waals surface area (Å²) >= 11 is 3.48. The zero-order valence-electron chi connectivity index (χ0n) is 11.3. The van der Waals surface area contributed by atoms with Gasteiger partial charge in [0.15, 0.2) is 0 Å². The lowest BCUT2D eigenvalue weighted by Gasteiger charge is -2.09. The molecule has 0 saturated heterocycles. The van der Waals surface area contributed by atoms with Gasteiger partial charge in [0.25, 0.3) is 0 Å². The largest absolute Gasteiger partial charge is 0.381 e. The van der Waals surface area contributed by atoms with Crippen molar-refractivity contribution < 1.29 is 0 Å². The maximum atomic E-state index is 9.10. The summed E-state index contributed by atoms with van der Waals surface area (Å²) in [4.78, 5) is 0. The Labute approximate surface area is 132 Å². The summed E-state index contributed by atoms with van der Waals surface area (Å²) in [6.45, 7) is 0.645. The maximum absolute atomic E-state index is 9.10. The topological polar surface area (TPSA) is 35.8 Å². The molecule has 3 aromatic carbocycles. The van der Waals surface area contributed by atoms with E-state index in [2.05, 4.69) is 57.6 Å². The molecule has 0 fully saturated rings. The van der Waals surface area contributed by atoms with Crippen LogP contribution in [0.25, 0.3) is 10.8 Å². The van der Waals surface area contributed by atoms with Gasteiger partial charge in [-0.15, -0.1) is 0 Å². The first-order valence-electron chi connectivity index (χ1n) is 6.67. The molecule has 0 atom stereocenters. The average molecular weight is 337 g/mol. The van der Waals surface area contributed by atoms with Crippen molar-refractivity contribution in [1.29, 1.82) is 5.26 Å². The third kappa shape index (κ3) is 3.07. The Morgan fingerprint density at radius 3 is 2.57 bits per heavy atom. The highest BCUT2D eigenvalue weighted by Gasteiger charge is 2.01. The lowest BCUT2D eigenvalue weighted by Crippen LogP contribution is -2.01. The smallest absolute Gasteiger partial charge is 0.0995 e. The van der Waals surface area contributed by atoms with Crippen LogP contribution in [0.15, 0.2) is 65.1 Å². The van der Waals surface area contributed by atoms with Gasteiger partial charge in [-0.1, -0.05) is 46.3 Å². The van der Waals surface area contributed by atoms with Crippen LogP contribution in [0.5, 0.6) is 0 Å². The van der Waals surface area contributed by atoms with Gasteiger partial charge in [-0.05, 0) is 46.7 Å². The van der Waals surface area contributed by atoms with E-state index in [0.717, 1.165) is 21.3 Å². The molecule has 0 amide bonds. The summed E-state index contributed by atoms with van der Waals surface area (Å²) in [6.07, 6.45) is 0. The fourth-order valence-electron chi connectivity index (χ4n) is 2.31. The van der Waals surface area contributed by atoms with Crippen molar-refractivity contribution in [3.63, 3.8) is 0 Å². The molecule has 0 unspecified atom stereocenters. The van der Waals surface area contributed by atoms with Crippen LogP contribution in [-0.4, -0.2) is 0 Å². The van der Waals surface area contributed by atoms with Crippen LogP contribution in [0.4, 0.5) is 5.69 Å². The second-order valence-electron chi connectivity index (χ2n) is 4.83. The Hall–Kier alpha value is -2.31. The molecule has 21 heavy (non-hydrogen) atoms. The lowest BCUT2D eigenvalue weighted by molar-refractivity contribution is 1.14. The van der Waals surface area contributed by atoms with Crippen molar-refractivity contribution in [2.24, 2.45) is 0 Å². The van der Waals surface area contributed by atoms with Gasteiger partial charge in [-0.3, -0.25) is 0 Å². The molecule has 0 heterocycles. The number of anilines is 1. The average Bonchev–Trinajstić information content (AvgIpc) is 2.53. The van der Waals surface area contributed by atoms with E-state index in [1.165, 1.54) is 10.8 Å². The predicted molar refractivity (Wildman–Crippen MR) is 90.1 cm³/mol. The minimum absolute atomic E-state index is 0.645. The lowest BCUT2D eigenvalue weighted by atomic mass is 10.1. The molecule has 3 aromatic rings. The van der Waals surface area contributed by atoms with E-state index in [1.807, 2.05) is 30.3 Å². The van der Waals surface area contributed by atoms with E-state index in [4.69, 9.17) is 5.26 Å². The highest BCUT2D eigenvalue weighted by Crippen LogP contribution is 2.23. The summed E-state index contributed by atoms with van der Waals surface area (Å²) in [5.74, 6) is 0. The zero-order chi connectivity index (χ0) is 14.7. The molecule has 0 saturated carbocycles. The van der Waals surface area contributed by atoms with Crippen molar-refractivity contribution in [1.82, 2.24) is 0 Å². The van der Waals surface area contributed by atoms with E-state index in [-0.39, 0.29) is 0 Å². The number of fused-ring (bicyclic) bond motifs is 1. The van der Waals surface area contributed by atoms with Gasteiger partial charge in [-0.25, -0.2) is 0 Å². The summed E-state index contributed by atoms with van der Waals surface area (Å²) in [5.41, 5.74) is 2.78. The van der Waals surface area contributed by atoms with Gasteiger partial charge in [0, 0.05) is 16.7 Å². The Balaban J connectivity index is 1.82. The first kappa shape index (κ1) is 13.7. The molecular formula is C18H13BrN2. The molecule has 1 N–H and O–H groups in total. The summed E-state index contributed by atoms with van der Waals surface area (Å²) in [5, 5.41) is 14.9. The van der Waals surface area contributed by atoms with Crippen molar-refractivity contribution >= 4 is 32.4 Å². The predicted octanol–water partition coefficient (Wildman–Crippen LogP) is 5.09. The molecule has 0 aliphatic heterocycles. The quantitative estimate of drug-likeness (QED) is 0.723. The minimum Gasteiger partial charge on any atom is -0.381 e. The summed E-state index contributed by atoms with van der Waals surface area (Å²) in [6, 6.07) is 22.4. The van der Waals surface area contributed by atoms with Gasteiger partial charge in [0.1, 0.15) is 0 Å². The Bertz CT molecular complexity index is 834. The highest BCUT2D eigenvalue weighted by molar-refractivity contribution is 9.10. The van der Waals surface area contributed by atoms with Gasteiger partial charge >= 0.3 is 0 Å². The molecule has 0 aromatic heterocycles. The third-order valence-electron chi connectivity index (χ3n) is 3.42. The number of hydrogen-bond donors (Lipinski definition) is 1. The number of nitrogens with one attached hydrogen (secondary N) is 1. The SMILES string of the molecule is N#Cc1ccccc1CNc1ccc2cc(Br)ccc2c1. The standard InChI is InChI=1S/C18H13BrN2/c19-17-7-5-14-10-18(8-6-13(14)9-17)21-12-16-4-2-1-3-15(16)11-20/h1-10,21H,12H2. The van der Waals surface area contributed by atoms with Gasteiger partial charge in [0.05, 0.1) is 11.6 Å². The van der Waals surface area contributed by atoms with Gasteiger partial charge in [0.2, 0.25) is 0 Å². The molecule has 3 rings (SSSR count). The number of benzene rings is 3. The zero-order valence-corrected chi connectivity index (χ0v) is 12.9. The Morgan fingerprint density at radius 1 is 0.952 bits per heavy atom. The van der Waals surface area contributed by atoms with E-state index < -0.39 is 0 Å². The van der Waals surface area contributed by atoms with Crippen LogP contribution >= 0.6 is 15.9 Å². The first-order valence-corrected chi connectivity index (χ1v) is 7.47. The molecule has 0 bridgehead atoms. The van der Waals surface area contributed by atoms with E-state index in [0.29, 0.717) is 6.54 Å². The van der Waals surface area contributed by atoms with Crippen LogP contribution in [0, 0.1) is 11.3 Å². The third-order valence-corrected chi connectivity index (χ3v) is 3.92. The molecular weight excluding hydrogens is 324 g/mol. The van der Waals surface area contributed by atoms with Crippen molar-refractivity contribution in [3.8, 4) is 6.07 Å². The fraction of sp³-hybridized carbons (Fsp3) is 0.0556. The molecule has 0 aliphatic carbocycles. The maximum Gasteiger partial charge on any atom is 0.0995 e. The van der Waals surface area contributed by atoms with Crippen LogP contribution < -0.4 is 5.32 Å². The summed E-state index contributed by atoms with van der Waals surface area (Å²) < 4.78 is 1.08. The Kier molecular flexibility index (Phi) is 3.89. The van der Waals surface area contributed by atoms with Crippen molar-refractivity contribution in [2.75, 3.05) is 5.32 Å². The molecule has 102 valence electrons. The monoisotopic (exact) mass is 336 g/mol. The van der Waals surface area contributed by atoms with Crippen LogP contribution in [0.3, 0.4) is 0 Å². The van der Waals surface area contributed by atoms with E-state index >= 15 is 0 Å². The van der Waals surface area contributed by atoms with Crippen molar-refractivity contribution in [2.45, 2.75) is 6.54 Å². The fourth-order valence-corrected chi connectivity index (χ4v) is 2.69.